The second-order valence-electron chi connectivity index (χ2n) is 4.72. The van der Waals surface area contributed by atoms with Crippen molar-refractivity contribution in [3.63, 3.8) is 0 Å². The first-order valence-electron chi connectivity index (χ1n) is 6.33. The monoisotopic (exact) mass is 213 g/mol. The summed E-state index contributed by atoms with van der Waals surface area (Å²) in [4.78, 5) is 0. The van der Waals surface area contributed by atoms with Crippen molar-refractivity contribution in [1.82, 2.24) is 5.32 Å². The maximum atomic E-state index is 5.78. The van der Waals surface area contributed by atoms with Crippen molar-refractivity contribution < 1.29 is 9.47 Å². The molecule has 0 amide bonds. The van der Waals surface area contributed by atoms with Crippen LogP contribution in [0, 0.1) is 5.92 Å². The van der Waals surface area contributed by atoms with E-state index in [-0.39, 0.29) is 6.10 Å². The van der Waals surface area contributed by atoms with Gasteiger partial charge in [-0.2, -0.15) is 0 Å². The number of ether oxygens (including phenoxy) is 2. The van der Waals surface area contributed by atoms with Crippen LogP contribution in [0.2, 0.25) is 0 Å². The fraction of sp³-hybridized carbons (Fsp3) is 1.00. The SMILES string of the molecule is CCCNC(CC1CC1)C1COCCO1. The molecule has 1 N–H and O–H groups in total. The van der Waals surface area contributed by atoms with E-state index < -0.39 is 0 Å². The molecule has 15 heavy (non-hydrogen) atoms. The minimum atomic E-state index is 0.283. The molecule has 88 valence electrons. The fourth-order valence-electron chi connectivity index (χ4n) is 2.15. The highest BCUT2D eigenvalue weighted by atomic mass is 16.6. The molecule has 2 atom stereocenters. The minimum Gasteiger partial charge on any atom is -0.376 e. The van der Waals surface area contributed by atoms with Crippen LogP contribution in [0.25, 0.3) is 0 Å². The number of hydrogen-bond donors (Lipinski definition) is 1. The van der Waals surface area contributed by atoms with Crippen LogP contribution in [0.5, 0.6) is 0 Å². The minimum absolute atomic E-state index is 0.283. The third kappa shape index (κ3) is 3.74. The van der Waals surface area contributed by atoms with E-state index in [1.807, 2.05) is 0 Å². The Morgan fingerprint density at radius 3 is 2.80 bits per heavy atom. The van der Waals surface area contributed by atoms with E-state index in [9.17, 15) is 0 Å². The highest BCUT2D eigenvalue weighted by Crippen LogP contribution is 2.34. The van der Waals surface area contributed by atoms with Crippen molar-refractivity contribution in [2.45, 2.75) is 44.8 Å². The summed E-state index contributed by atoms with van der Waals surface area (Å²) in [6.45, 7) is 5.60. The molecule has 1 aliphatic carbocycles. The molecule has 2 unspecified atom stereocenters. The lowest BCUT2D eigenvalue weighted by Crippen LogP contribution is -2.47. The van der Waals surface area contributed by atoms with E-state index >= 15 is 0 Å². The third-order valence-electron chi connectivity index (χ3n) is 3.23. The zero-order chi connectivity index (χ0) is 10.5. The quantitative estimate of drug-likeness (QED) is 0.726. The van der Waals surface area contributed by atoms with Crippen LogP contribution in [0.4, 0.5) is 0 Å². The molecular formula is C12H23NO2. The molecule has 2 aliphatic rings. The molecule has 0 aromatic heterocycles. The van der Waals surface area contributed by atoms with Gasteiger partial charge in [-0.05, 0) is 25.3 Å². The van der Waals surface area contributed by atoms with Gasteiger partial charge >= 0.3 is 0 Å². The van der Waals surface area contributed by atoms with E-state index in [0.717, 1.165) is 32.3 Å². The molecule has 0 aromatic carbocycles. The van der Waals surface area contributed by atoms with E-state index in [1.54, 1.807) is 0 Å². The van der Waals surface area contributed by atoms with Crippen LogP contribution in [-0.2, 0) is 9.47 Å². The van der Waals surface area contributed by atoms with E-state index in [4.69, 9.17) is 9.47 Å². The van der Waals surface area contributed by atoms with Gasteiger partial charge in [0.25, 0.3) is 0 Å². The number of rotatable bonds is 6. The maximum Gasteiger partial charge on any atom is 0.0962 e. The Hall–Kier alpha value is -0.120. The summed E-state index contributed by atoms with van der Waals surface area (Å²) in [5.41, 5.74) is 0. The molecular weight excluding hydrogens is 190 g/mol. The van der Waals surface area contributed by atoms with Crippen LogP contribution < -0.4 is 5.32 Å². The Morgan fingerprint density at radius 2 is 2.20 bits per heavy atom. The molecule has 2 fully saturated rings. The zero-order valence-electron chi connectivity index (χ0n) is 9.71. The fourth-order valence-corrected chi connectivity index (χ4v) is 2.15. The van der Waals surface area contributed by atoms with Crippen LogP contribution in [0.1, 0.15) is 32.6 Å². The molecule has 1 saturated heterocycles. The molecule has 3 nitrogen and oxygen atoms in total. The van der Waals surface area contributed by atoms with Gasteiger partial charge in [-0.3, -0.25) is 0 Å². The van der Waals surface area contributed by atoms with Gasteiger partial charge in [-0.25, -0.2) is 0 Å². The number of hydrogen-bond acceptors (Lipinski definition) is 3. The molecule has 3 heteroatoms. The van der Waals surface area contributed by atoms with Crippen LogP contribution in [0.15, 0.2) is 0 Å². The Kier molecular flexibility index (Phi) is 4.42. The van der Waals surface area contributed by atoms with Gasteiger partial charge in [0.15, 0.2) is 0 Å². The molecule has 1 heterocycles. The lowest BCUT2D eigenvalue weighted by molar-refractivity contribution is -0.103. The molecule has 1 aliphatic heterocycles. The maximum absolute atomic E-state index is 5.78. The van der Waals surface area contributed by atoms with E-state index in [1.165, 1.54) is 25.7 Å². The summed E-state index contributed by atoms with van der Waals surface area (Å²) in [5.74, 6) is 0.949. The van der Waals surface area contributed by atoms with Crippen molar-refractivity contribution in [2.24, 2.45) is 5.92 Å². The van der Waals surface area contributed by atoms with Crippen molar-refractivity contribution in [2.75, 3.05) is 26.4 Å². The van der Waals surface area contributed by atoms with Gasteiger partial charge < -0.3 is 14.8 Å². The second-order valence-corrected chi connectivity index (χ2v) is 4.72. The van der Waals surface area contributed by atoms with Gasteiger partial charge in [-0.15, -0.1) is 0 Å². The highest BCUT2D eigenvalue weighted by molar-refractivity contribution is 4.86. The molecule has 2 rings (SSSR count). The van der Waals surface area contributed by atoms with Crippen molar-refractivity contribution in [3.05, 3.63) is 0 Å². The first-order chi connectivity index (χ1) is 7.40. The molecule has 0 spiro atoms. The molecule has 0 aromatic rings. The Bertz CT molecular complexity index is 176. The normalized spacial score (nSPS) is 29.0. The second kappa shape index (κ2) is 5.83. The molecule has 0 radical (unpaired) electrons. The highest BCUT2D eigenvalue weighted by Gasteiger charge is 2.31. The predicted molar refractivity (Wildman–Crippen MR) is 60.0 cm³/mol. The van der Waals surface area contributed by atoms with Crippen LogP contribution >= 0.6 is 0 Å². The van der Waals surface area contributed by atoms with E-state index in [0.29, 0.717) is 6.04 Å². The smallest absolute Gasteiger partial charge is 0.0962 e. The van der Waals surface area contributed by atoms with Gasteiger partial charge in [0, 0.05) is 6.04 Å². The van der Waals surface area contributed by atoms with Gasteiger partial charge in [0.1, 0.15) is 0 Å². The topological polar surface area (TPSA) is 30.5 Å². The zero-order valence-corrected chi connectivity index (χ0v) is 9.71. The predicted octanol–water partition coefficient (Wildman–Crippen LogP) is 1.57. The van der Waals surface area contributed by atoms with Gasteiger partial charge in [-0.1, -0.05) is 19.8 Å². The first kappa shape index (κ1) is 11.4. The summed E-state index contributed by atoms with van der Waals surface area (Å²) < 4.78 is 11.3. The van der Waals surface area contributed by atoms with Crippen molar-refractivity contribution >= 4 is 0 Å². The Morgan fingerprint density at radius 1 is 1.33 bits per heavy atom. The van der Waals surface area contributed by atoms with Gasteiger partial charge in [0.2, 0.25) is 0 Å². The average Bonchev–Trinajstić information content (AvgIpc) is 3.09. The summed E-state index contributed by atoms with van der Waals surface area (Å²) >= 11 is 0. The summed E-state index contributed by atoms with van der Waals surface area (Å²) in [6.07, 6.45) is 5.57. The standard InChI is InChI=1S/C12H23NO2/c1-2-5-13-11(8-10-3-4-10)12-9-14-6-7-15-12/h10-13H,2-9H2,1H3. The number of nitrogens with one attached hydrogen (secondary N) is 1. The van der Waals surface area contributed by atoms with Crippen molar-refractivity contribution in [1.29, 1.82) is 0 Å². The summed E-state index contributed by atoms with van der Waals surface area (Å²) in [5, 5.41) is 3.61. The van der Waals surface area contributed by atoms with Crippen LogP contribution in [-0.4, -0.2) is 38.5 Å². The third-order valence-corrected chi connectivity index (χ3v) is 3.23. The largest absolute Gasteiger partial charge is 0.376 e. The lowest BCUT2D eigenvalue weighted by Gasteiger charge is -2.31. The van der Waals surface area contributed by atoms with E-state index in [2.05, 4.69) is 12.2 Å². The Balaban J connectivity index is 1.78. The average molecular weight is 213 g/mol. The summed E-state index contributed by atoms with van der Waals surface area (Å²) in [6, 6.07) is 0.512. The lowest BCUT2D eigenvalue weighted by atomic mass is 10.0. The van der Waals surface area contributed by atoms with Crippen molar-refractivity contribution in [3.8, 4) is 0 Å². The molecule has 0 bridgehead atoms. The molecule has 1 saturated carbocycles. The Labute approximate surface area is 92.5 Å². The van der Waals surface area contributed by atoms with Crippen LogP contribution in [0.3, 0.4) is 0 Å². The first-order valence-corrected chi connectivity index (χ1v) is 6.33. The van der Waals surface area contributed by atoms with Gasteiger partial charge in [0.05, 0.1) is 25.9 Å². The summed E-state index contributed by atoms with van der Waals surface area (Å²) in [7, 11) is 0.